The molecule has 0 radical (unpaired) electrons. The molecule has 118 valence electrons. The van der Waals surface area contributed by atoms with Gasteiger partial charge in [-0.3, -0.25) is 4.72 Å². The fourth-order valence-electron chi connectivity index (χ4n) is 1.94. The molecule has 0 amide bonds. The van der Waals surface area contributed by atoms with Crippen LogP contribution in [-0.4, -0.2) is 29.6 Å². The normalized spacial score (nSPS) is 11.0. The van der Waals surface area contributed by atoms with Crippen molar-refractivity contribution in [3.05, 3.63) is 42.5 Å². The van der Waals surface area contributed by atoms with Crippen molar-refractivity contribution < 1.29 is 13.2 Å². The summed E-state index contributed by atoms with van der Waals surface area (Å²) >= 11 is 0. The highest BCUT2D eigenvalue weighted by Gasteiger charge is 2.18. The predicted octanol–water partition coefficient (Wildman–Crippen LogP) is 2.14. The minimum atomic E-state index is -3.75. The molecule has 2 aromatic rings. The Hall–Kier alpha value is -2.41. The summed E-state index contributed by atoms with van der Waals surface area (Å²) in [4.78, 5) is 1.95. The van der Waals surface area contributed by atoms with Gasteiger partial charge in [-0.2, -0.15) is 0 Å². The van der Waals surface area contributed by atoms with E-state index in [2.05, 4.69) is 4.72 Å². The van der Waals surface area contributed by atoms with Crippen LogP contribution in [0, 0.1) is 0 Å². The Balaban J connectivity index is 2.27. The number of benzene rings is 2. The summed E-state index contributed by atoms with van der Waals surface area (Å²) in [5.74, 6) is 0.506. The molecule has 0 heterocycles. The SMILES string of the molecule is COc1ccc(S(=O)(=O)Nc2ccc(N(C)C)cc2)c(N)c1. The van der Waals surface area contributed by atoms with Crippen LogP contribution in [0.1, 0.15) is 0 Å². The molecule has 2 rings (SSSR count). The molecule has 22 heavy (non-hydrogen) atoms. The van der Waals surface area contributed by atoms with Gasteiger partial charge in [0.05, 0.1) is 12.8 Å². The lowest BCUT2D eigenvalue weighted by Crippen LogP contribution is -2.15. The largest absolute Gasteiger partial charge is 0.497 e. The summed E-state index contributed by atoms with van der Waals surface area (Å²) in [6.07, 6.45) is 0. The van der Waals surface area contributed by atoms with Crippen molar-refractivity contribution in [2.45, 2.75) is 4.90 Å². The molecule has 0 aliphatic heterocycles. The van der Waals surface area contributed by atoms with Crippen molar-refractivity contribution in [2.24, 2.45) is 0 Å². The smallest absolute Gasteiger partial charge is 0.263 e. The van der Waals surface area contributed by atoms with Crippen LogP contribution in [0.4, 0.5) is 17.1 Å². The van der Waals surface area contributed by atoms with Gasteiger partial charge in [-0.15, -0.1) is 0 Å². The first-order chi connectivity index (χ1) is 10.3. The van der Waals surface area contributed by atoms with Crippen LogP contribution in [0.2, 0.25) is 0 Å². The van der Waals surface area contributed by atoms with E-state index in [1.54, 1.807) is 18.2 Å². The molecule has 2 aromatic carbocycles. The van der Waals surface area contributed by atoms with E-state index >= 15 is 0 Å². The number of anilines is 3. The van der Waals surface area contributed by atoms with Crippen molar-refractivity contribution in [1.29, 1.82) is 0 Å². The number of hydrogen-bond donors (Lipinski definition) is 2. The van der Waals surface area contributed by atoms with Crippen molar-refractivity contribution >= 4 is 27.1 Å². The fourth-order valence-corrected chi connectivity index (χ4v) is 3.11. The number of nitrogen functional groups attached to an aromatic ring is 1. The lowest BCUT2D eigenvalue weighted by molar-refractivity contribution is 0.414. The Morgan fingerprint density at radius 1 is 1.09 bits per heavy atom. The highest BCUT2D eigenvalue weighted by Crippen LogP contribution is 2.26. The van der Waals surface area contributed by atoms with Gasteiger partial charge in [0.15, 0.2) is 0 Å². The Bertz CT molecular complexity index is 756. The minimum Gasteiger partial charge on any atom is -0.497 e. The number of nitrogens with two attached hydrogens (primary N) is 1. The van der Waals surface area contributed by atoms with Gasteiger partial charge in [0.25, 0.3) is 10.0 Å². The highest BCUT2D eigenvalue weighted by molar-refractivity contribution is 7.92. The number of rotatable bonds is 5. The zero-order valence-corrected chi connectivity index (χ0v) is 13.5. The molecule has 3 N–H and O–H groups in total. The van der Waals surface area contributed by atoms with Crippen LogP contribution < -0.4 is 20.1 Å². The second-order valence-corrected chi connectivity index (χ2v) is 6.60. The Labute approximate surface area is 130 Å². The maximum absolute atomic E-state index is 12.4. The van der Waals surface area contributed by atoms with E-state index in [0.717, 1.165) is 5.69 Å². The summed E-state index contributed by atoms with van der Waals surface area (Å²) in [6.45, 7) is 0. The first-order valence-corrected chi connectivity index (χ1v) is 8.05. The first-order valence-electron chi connectivity index (χ1n) is 6.57. The topological polar surface area (TPSA) is 84.7 Å². The molecular formula is C15H19N3O3S. The highest BCUT2D eigenvalue weighted by atomic mass is 32.2. The van der Waals surface area contributed by atoms with Crippen LogP contribution in [0.25, 0.3) is 0 Å². The molecule has 7 heteroatoms. The summed E-state index contributed by atoms with van der Waals surface area (Å²) in [5.41, 5.74) is 7.38. The van der Waals surface area contributed by atoms with E-state index in [9.17, 15) is 8.42 Å². The predicted molar refractivity (Wildman–Crippen MR) is 89.0 cm³/mol. The minimum absolute atomic E-state index is 0.0185. The third-order valence-electron chi connectivity index (χ3n) is 3.14. The van der Waals surface area contributed by atoms with E-state index in [1.807, 2.05) is 31.1 Å². The second-order valence-electron chi connectivity index (χ2n) is 4.95. The van der Waals surface area contributed by atoms with Crippen molar-refractivity contribution in [3.63, 3.8) is 0 Å². The molecule has 0 bridgehead atoms. The number of methoxy groups -OCH3 is 1. The van der Waals surface area contributed by atoms with E-state index in [1.165, 1.54) is 19.2 Å². The summed E-state index contributed by atoms with van der Waals surface area (Å²) in [5, 5.41) is 0. The zero-order valence-electron chi connectivity index (χ0n) is 12.7. The quantitative estimate of drug-likeness (QED) is 0.824. The summed E-state index contributed by atoms with van der Waals surface area (Å²) < 4.78 is 32.3. The summed E-state index contributed by atoms with van der Waals surface area (Å²) in [7, 11) is 1.58. The zero-order chi connectivity index (χ0) is 16.3. The molecule has 0 atom stereocenters. The van der Waals surface area contributed by atoms with Gasteiger partial charge < -0.3 is 15.4 Å². The molecule has 0 saturated heterocycles. The molecule has 0 spiro atoms. The third kappa shape index (κ3) is 3.43. The van der Waals surface area contributed by atoms with Gasteiger partial charge >= 0.3 is 0 Å². The van der Waals surface area contributed by atoms with E-state index in [0.29, 0.717) is 11.4 Å². The van der Waals surface area contributed by atoms with Crippen molar-refractivity contribution in [2.75, 3.05) is 36.6 Å². The van der Waals surface area contributed by atoms with Gasteiger partial charge in [0.1, 0.15) is 10.6 Å². The molecular weight excluding hydrogens is 302 g/mol. The average Bonchev–Trinajstić information content (AvgIpc) is 2.46. The van der Waals surface area contributed by atoms with E-state index < -0.39 is 10.0 Å². The average molecular weight is 321 g/mol. The second kappa shape index (κ2) is 6.15. The molecule has 0 aromatic heterocycles. The number of ether oxygens (including phenoxy) is 1. The summed E-state index contributed by atoms with van der Waals surface area (Å²) in [6, 6.07) is 11.5. The molecule has 6 nitrogen and oxygen atoms in total. The monoisotopic (exact) mass is 321 g/mol. The Morgan fingerprint density at radius 3 is 2.23 bits per heavy atom. The molecule has 0 unspecified atom stereocenters. The van der Waals surface area contributed by atoms with Gasteiger partial charge in [-0.25, -0.2) is 8.42 Å². The van der Waals surface area contributed by atoms with Crippen molar-refractivity contribution in [1.82, 2.24) is 0 Å². The van der Waals surface area contributed by atoms with Gasteiger partial charge in [0.2, 0.25) is 0 Å². The van der Waals surface area contributed by atoms with Crippen LogP contribution in [0.3, 0.4) is 0 Å². The van der Waals surface area contributed by atoms with Crippen LogP contribution in [-0.2, 0) is 10.0 Å². The van der Waals surface area contributed by atoms with Gasteiger partial charge in [-0.1, -0.05) is 0 Å². The Kier molecular flexibility index (Phi) is 4.46. The standard InChI is InChI=1S/C15H19N3O3S/c1-18(2)12-6-4-11(5-7-12)17-22(19,20)15-9-8-13(21-3)10-14(15)16/h4-10,17H,16H2,1-3H3. The maximum Gasteiger partial charge on any atom is 0.263 e. The molecule has 0 aliphatic carbocycles. The van der Waals surface area contributed by atoms with Gasteiger partial charge in [0, 0.05) is 31.5 Å². The van der Waals surface area contributed by atoms with Crippen LogP contribution in [0.15, 0.2) is 47.4 Å². The molecule has 0 fully saturated rings. The van der Waals surface area contributed by atoms with Gasteiger partial charge in [-0.05, 0) is 36.4 Å². The number of hydrogen-bond acceptors (Lipinski definition) is 5. The van der Waals surface area contributed by atoms with Crippen molar-refractivity contribution in [3.8, 4) is 5.75 Å². The lowest BCUT2D eigenvalue weighted by atomic mass is 10.3. The maximum atomic E-state index is 12.4. The molecule has 0 saturated carbocycles. The number of sulfonamides is 1. The van der Waals surface area contributed by atoms with E-state index in [-0.39, 0.29) is 10.6 Å². The number of nitrogens with zero attached hydrogens (tertiary/aromatic N) is 1. The lowest BCUT2D eigenvalue weighted by Gasteiger charge is -2.14. The fraction of sp³-hybridized carbons (Fsp3) is 0.200. The Morgan fingerprint density at radius 2 is 1.73 bits per heavy atom. The van der Waals surface area contributed by atoms with Crippen LogP contribution in [0.5, 0.6) is 5.75 Å². The van der Waals surface area contributed by atoms with Crippen LogP contribution >= 0.6 is 0 Å². The third-order valence-corrected chi connectivity index (χ3v) is 4.60. The van der Waals surface area contributed by atoms with E-state index in [4.69, 9.17) is 10.5 Å². The first kappa shape index (κ1) is 16.0. The molecule has 0 aliphatic rings. The number of nitrogens with one attached hydrogen (secondary N) is 1.